The molecule has 0 spiro atoms. The second-order valence-electron chi connectivity index (χ2n) is 6.37. The molecule has 1 aliphatic heterocycles. The van der Waals surface area contributed by atoms with Crippen LogP contribution in [0, 0.1) is 6.92 Å². The van der Waals surface area contributed by atoms with Gasteiger partial charge in [-0.3, -0.25) is 4.79 Å². The van der Waals surface area contributed by atoms with E-state index in [9.17, 15) is 18.0 Å². The minimum Gasteiger partial charge on any atom is -0.352 e. The number of benzene rings is 1. The Bertz CT molecular complexity index is 568. The molecule has 1 fully saturated rings. The monoisotopic (exact) mass is 317 g/mol. The third kappa shape index (κ3) is 2.72. The van der Waals surface area contributed by atoms with E-state index in [2.05, 4.69) is 5.32 Å². The second-order valence-corrected chi connectivity index (χ2v) is 11.6. The number of nitrogens with one attached hydrogen (secondary N) is 1. The van der Waals surface area contributed by atoms with Crippen molar-refractivity contribution in [2.45, 2.75) is 44.1 Å². The molecule has 2 atom stereocenters. The lowest BCUT2D eigenvalue weighted by atomic mass is 10.1. The van der Waals surface area contributed by atoms with Gasteiger partial charge in [-0.1, -0.05) is 37.8 Å². The number of alkyl halides is 3. The van der Waals surface area contributed by atoms with E-state index in [1.165, 1.54) is 0 Å². The maximum Gasteiger partial charge on any atom is 0.428 e. The lowest BCUT2D eigenvalue weighted by Crippen LogP contribution is -2.51. The van der Waals surface area contributed by atoms with Crippen LogP contribution in [-0.2, 0) is 9.53 Å². The van der Waals surface area contributed by atoms with Crippen LogP contribution in [0.1, 0.15) is 5.56 Å². The minimum absolute atomic E-state index is 0.371. The molecule has 7 heteroatoms. The van der Waals surface area contributed by atoms with Gasteiger partial charge in [0.15, 0.2) is 0 Å². The summed E-state index contributed by atoms with van der Waals surface area (Å²) in [7, 11) is -2.27. The summed E-state index contributed by atoms with van der Waals surface area (Å²) in [5.41, 5.74) is -2.67. The fourth-order valence-electron chi connectivity index (χ4n) is 2.38. The molecule has 1 aromatic rings. The smallest absolute Gasteiger partial charge is 0.352 e. The summed E-state index contributed by atoms with van der Waals surface area (Å²) in [6.45, 7) is 6.99. The van der Waals surface area contributed by atoms with Crippen LogP contribution >= 0.6 is 0 Å². The molecule has 1 aliphatic rings. The van der Waals surface area contributed by atoms with E-state index < -0.39 is 31.5 Å². The Morgan fingerprint density at radius 1 is 1.29 bits per heavy atom. The van der Waals surface area contributed by atoms with Gasteiger partial charge in [0.2, 0.25) is 0 Å². The summed E-state index contributed by atoms with van der Waals surface area (Å²) in [6, 6.07) is 6.71. The molecule has 2 rings (SSSR count). The summed E-state index contributed by atoms with van der Waals surface area (Å²) >= 11 is 0. The molecular formula is C14H18F3NO2Si. The van der Waals surface area contributed by atoms with Gasteiger partial charge in [0.05, 0.1) is 13.8 Å². The first kappa shape index (κ1) is 16.0. The van der Waals surface area contributed by atoms with E-state index in [-0.39, 0.29) is 0 Å². The maximum atomic E-state index is 13.4. The van der Waals surface area contributed by atoms with Gasteiger partial charge in [-0.05, 0) is 18.6 Å². The largest absolute Gasteiger partial charge is 0.428 e. The Balaban J connectivity index is 2.29. The Morgan fingerprint density at radius 3 is 2.29 bits per heavy atom. The van der Waals surface area contributed by atoms with Crippen LogP contribution in [0.5, 0.6) is 0 Å². The summed E-state index contributed by atoms with van der Waals surface area (Å²) < 4.78 is 45.0. The Hall–Kier alpha value is -1.34. The molecule has 1 N–H and O–H groups in total. The number of halogens is 3. The van der Waals surface area contributed by atoms with Crippen molar-refractivity contribution in [3.8, 4) is 0 Å². The van der Waals surface area contributed by atoms with Crippen LogP contribution in [0.15, 0.2) is 24.3 Å². The SMILES string of the molecule is Cc1ccccc1NC(=O)[C@@]1(C(F)(F)F)O[C@H]1[Si](C)(C)C. The average molecular weight is 317 g/mol. The molecule has 1 saturated heterocycles. The molecule has 3 nitrogen and oxygen atoms in total. The molecule has 0 saturated carbocycles. The van der Waals surface area contributed by atoms with Gasteiger partial charge in [0.1, 0.15) is 0 Å². The van der Waals surface area contributed by atoms with Crippen LogP contribution in [-0.4, -0.2) is 31.5 Å². The summed E-state index contributed by atoms with van der Waals surface area (Å²) in [5, 5.41) is 2.36. The van der Waals surface area contributed by atoms with Crippen molar-refractivity contribution >= 4 is 19.7 Å². The van der Waals surface area contributed by atoms with E-state index >= 15 is 0 Å². The van der Waals surface area contributed by atoms with E-state index in [1.807, 2.05) is 0 Å². The number of rotatable bonds is 3. The van der Waals surface area contributed by atoms with Crippen molar-refractivity contribution in [2.75, 3.05) is 5.32 Å². The van der Waals surface area contributed by atoms with Crippen LogP contribution in [0.2, 0.25) is 19.6 Å². The van der Waals surface area contributed by atoms with E-state index in [0.717, 1.165) is 0 Å². The molecule has 1 aromatic carbocycles. The van der Waals surface area contributed by atoms with Crippen LogP contribution in [0.25, 0.3) is 0 Å². The zero-order valence-electron chi connectivity index (χ0n) is 12.3. The lowest BCUT2D eigenvalue weighted by molar-refractivity contribution is -0.186. The number of carbonyl (C=O) groups is 1. The zero-order valence-corrected chi connectivity index (χ0v) is 13.3. The predicted molar refractivity (Wildman–Crippen MR) is 76.8 cm³/mol. The molecule has 0 aromatic heterocycles. The predicted octanol–water partition coefficient (Wildman–Crippen LogP) is 3.51. The summed E-state index contributed by atoms with van der Waals surface area (Å²) in [6.07, 6.45) is -4.72. The quantitative estimate of drug-likeness (QED) is 0.685. The number of carbonyl (C=O) groups excluding carboxylic acids is 1. The van der Waals surface area contributed by atoms with Crippen LogP contribution in [0.4, 0.5) is 18.9 Å². The highest BCUT2D eigenvalue weighted by molar-refractivity contribution is 6.78. The van der Waals surface area contributed by atoms with Gasteiger partial charge in [-0.2, -0.15) is 13.2 Å². The Morgan fingerprint density at radius 2 is 1.86 bits per heavy atom. The first-order chi connectivity index (χ1) is 9.50. The molecule has 1 amide bonds. The van der Waals surface area contributed by atoms with Crippen molar-refractivity contribution in [2.24, 2.45) is 0 Å². The van der Waals surface area contributed by atoms with Crippen molar-refractivity contribution in [3.63, 3.8) is 0 Å². The Kier molecular flexibility index (Phi) is 3.70. The molecule has 1 heterocycles. The number of hydrogen-bond acceptors (Lipinski definition) is 2. The Labute approximate surface area is 122 Å². The van der Waals surface area contributed by atoms with Crippen molar-refractivity contribution in [1.82, 2.24) is 0 Å². The molecule has 0 aliphatic carbocycles. The number of aryl methyl sites for hydroxylation is 1. The van der Waals surface area contributed by atoms with Gasteiger partial charge in [0, 0.05) is 5.69 Å². The standard InChI is InChI=1S/C14H18F3NO2Si/c1-9-7-5-6-8-10(9)18-11(19)13(14(15,16)17)12(20-13)21(2,3)4/h5-8,12H,1-4H3,(H,18,19)/t12-,13+/m0/s1. The van der Waals surface area contributed by atoms with Crippen molar-refractivity contribution in [3.05, 3.63) is 29.8 Å². The van der Waals surface area contributed by atoms with Crippen LogP contribution in [0.3, 0.4) is 0 Å². The maximum absolute atomic E-state index is 13.4. The van der Waals surface area contributed by atoms with E-state index in [4.69, 9.17) is 4.74 Å². The van der Waals surface area contributed by atoms with Gasteiger partial charge in [0.25, 0.3) is 11.5 Å². The fourth-order valence-corrected chi connectivity index (χ4v) is 4.44. The minimum atomic E-state index is -4.72. The number of para-hydroxylation sites is 1. The van der Waals surface area contributed by atoms with Crippen LogP contribution < -0.4 is 5.32 Å². The zero-order chi connectivity index (χ0) is 16.1. The van der Waals surface area contributed by atoms with Crippen molar-refractivity contribution < 1.29 is 22.7 Å². The normalized spacial score (nSPS) is 25.6. The van der Waals surface area contributed by atoms with E-state index in [1.54, 1.807) is 50.8 Å². The third-order valence-electron chi connectivity index (χ3n) is 3.55. The van der Waals surface area contributed by atoms with E-state index in [0.29, 0.717) is 11.3 Å². The molecule has 0 unspecified atom stereocenters. The summed E-state index contributed by atoms with van der Waals surface area (Å²) in [4.78, 5) is 12.2. The molecule has 21 heavy (non-hydrogen) atoms. The first-order valence-electron chi connectivity index (χ1n) is 6.62. The second kappa shape index (κ2) is 4.84. The molecular weight excluding hydrogens is 299 g/mol. The molecule has 116 valence electrons. The van der Waals surface area contributed by atoms with Gasteiger partial charge < -0.3 is 10.1 Å². The first-order valence-corrected chi connectivity index (χ1v) is 10.2. The molecule has 0 bridgehead atoms. The van der Waals surface area contributed by atoms with Gasteiger partial charge in [-0.25, -0.2) is 0 Å². The number of anilines is 1. The highest BCUT2D eigenvalue weighted by Gasteiger charge is 2.80. The van der Waals surface area contributed by atoms with Crippen molar-refractivity contribution in [1.29, 1.82) is 0 Å². The molecule has 0 radical (unpaired) electrons. The number of epoxide rings is 1. The topological polar surface area (TPSA) is 41.6 Å². The summed E-state index contributed by atoms with van der Waals surface area (Å²) in [5.74, 6) is -1.13. The lowest BCUT2D eigenvalue weighted by Gasteiger charge is -2.21. The third-order valence-corrected chi connectivity index (χ3v) is 5.65. The fraction of sp³-hybridized carbons (Fsp3) is 0.500. The number of ether oxygens (including phenoxy) is 1. The highest BCUT2D eigenvalue weighted by atomic mass is 28.3. The number of hydrogen-bond donors (Lipinski definition) is 1. The highest BCUT2D eigenvalue weighted by Crippen LogP contribution is 2.53. The number of amides is 1. The van der Waals surface area contributed by atoms with Gasteiger partial charge in [-0.15, -0.1) is 0 Å². The van der Waals surface area contributed by atoms with Gasteiger partial charge >= 0.3 is 6.18 Å². The average Bonchev–Trinajstić information content (AvgIpc) is 3.07.